The number of ether oxygens (including phenoxy) is 3. The van der Waals surface area contributed by atoms with Gasteiger partial charge in [0.2, 0.25) is 5.76 Å². The Morgan fingerprint density at radius 2 is 1.79 bits per heavy atom. The molecule has 0 aliphatic rings. The topological polar surface area (TPSA) is 87.0 Å². The summed E-state index contributed by atoms with van der Waals surface area (Å²) in [6, 6.07) is 14.3. The summed E-state index contributed by atoms with van der Waals surface area (Å²) >= 11 is 0. The van der Waals surface area contributed by atoms with Crippen LogP contribution in [0, 0.1) is 0 Å². The van der Waals surface area contributed by atoms with E-state index >= 15 is 0 Å². The van der Waals surface area contributed by atoms with Gasteiger partial charge in [0.05, 0.1) is 19.8 Å². The number of benzene rings is 2. The minimum atomic E-state index is -0.714. The summed E-state index contributed by atoms with van der Waals surface area (Å²) in [7, 11) is 3.10. The first-order chi connectivity index (χ1) is 14.0. The molecule has 3 rings (SSSR count). The van der Waals surface area contributed by atoms with E-state index in [2.05, 4.69) is 5.32 Å². The first kappa shape index (κ1) is 20.4. The highest BCUT2D eigenvalue weighted by Crippen LogP contribution is 2.27. The maximum atomic E-state index is 12.5. The summed E-state index contributed by atoms with van der Waals surface area (Å²) in [4.78, 5) is 24.8. The second kappa shape index (κ2) is 9.25. The Morgan fingerprint density at radius 1 is 1.07 bits per heavy atom. The lowest BCUT2D eigenvalue weighted by atomic mass is 10.1. The summed E-state index contributed by atoms with van der Waals surface area (Å²) in [5.74, 6) is -0.433. The van der Waals surface area contributed by atoms with Crippen LogP contribution in [0.4, 0.5) is 0 Å². The predicted octanol–water partition coefficient (Wildman–Crippen LogP) is 3.62. The molecule has 0 saturated carbocycles. The van der Waals surface area contributed by atoms with Crippen LogP contribution in [0.5, 0.6) is 5.75 Å². The number of nitrogens with one attached hydrogen (secondary N) is 1. The van der Waals surface area contributed by atoms with Crippen LogP contribution >= 0.6 is 0 Å². The largest absolute Gasteiger partial charge is 0.496 e. The van der Waals surface area contributed by atoms with Gasteiger partial charge in [0, 0.05) is 23.6 Å². The van der Waals surface area contributed by atoms with Crippen LogP contribution in [-0.4, -0.2) is 32.7 Å². The smallest absolute Gasteiger partial charge is 0.375 e. The summed E-state index contributed by atoms with van der Waals surface area (Å²) in [5, 5.41) is 3.57. The van der Waals surface area contributed by atoms with Gasteiger partial charge < -0.3 is 23.9 Å². The van der Waals surface area contributed by atoms with Crippen LogP contribution in [0.25, 0.3) is 11.0 Å². The van der Waals surface area contributed by atoms with Gasteiger partial charge in [-0.25, -0.2) is 4.79 Å². The molecule has 1 amide bonds. The zero-order valence-corrected chi connectivity index (χ0v) is 16.6. The number of methoxy groups -OCH3 is 2. The fraction of sp³-hybridized carbons (Fsp3) is 0.273. The minimum Gasteiger partial charge on any atom is -0.496 e. The molecule has 2 aromatic carbocycles. The number of hydrogen-bond acceptors (Lipinski definition) is 6. The van der Waals surface area contributed by atoms with Crippen molar-refractivity contribution < 1.29 is 28.2 Å². The Labute approximate surface area is 168 Å². The molecule has 0 fully saturated rings. The molecule has 0 bridgehead atoms. The Morgan fingerprint density at radius 3 is 2.55 bits per heavy atom. The molecule has 3 aromatic rings. The van der Waals surface area contributed by atoms with E-state index in [4.69, 9.17) is 18.6 Å². The van der Waals surface area contributed by atoms with Gasteiger partial charge in [-0.05, 0) is 19.1 Å². The van der Waals surface area contributed by atoms with Gasteiger partial charge in [-0.2, -0.15) is 0 Å². The van der Waals surface area contributed by atoms with Crippen molar-refractivity contribution >= 4 is 22.8 Å². The van der Waals surface area contributed by atoms with Crippen molar-refractivity contribution in [3.05, 3.63) is 65.4 Å². The molecule has 0 saturated heterocycles. The van der Waals surface area contributed by atoms with E-state index < -0.39 is 18.5 Å². The van der Waals surface area contributed by atoms with E-state index in [-0.39, 0.29) is 18.4 Å². The number of carbonyl (C=O) groups excluding carboxylic acids is 2. The molecule has 29 heavy (non-hydrogen) atoms. The molecule has 7 nitrogen and oxygen atoms in total. The van der Waals surface area contributed by atoms with E-state index in [0.717, 1.165) is 10.9 Å². The number of amides is 1. The Kier molecular flexibility index (Phi) is 6.51. The number of carbonyl (C=O) groups is 2. The standard InChI is InChI=1S/C22H23NO6/c1-14(15-8-4-6-10-18(15)27-3)23-20(24)13-28-22(25)21-17(12-26-2)16-9-5-7-11-19(16)29-21/h4-11,14H,12-13H2,1-3H3,(H,23,24). The lowest BCUT2D eigenvalue weighted by Crippen LogP contribution is -2.31. The highest BCUT2D eigenvalue weighted by atomic mass is 16.5. The number of para-hydroxylation sites is 2. The molecule has 0 aliphatic carbocycles. The highest BCUT2D eigenvalue weighted by Gasteiger charge is 2.23. The monoisotopic (exact) mass is 397 g/mol. The van der Waals surface area contributed by atoms with E-state index in [1.165, 1.54) is 7.11 Å². The Hall–Kier alpha value is -3.32. The van der Waals surface area contributed by atoms with Gasteiger partial charge in [-0.15, -0.1) is 0 Å². The first-order valence-electron chi connectivity index (χ1n) is 9.14. The zero-order valence-electron chi connectivity index (χ0n) is 16.6. The van der Waals surface area contributed by atoms with Crippen LogP contribution < -0.4 is 10.1 Å². The van der Waals surface area contributed by atoms with Crippen molar-refractivity contribution in [2.24, 2.45) is 0 Å². The van der Waals surface area contributed by atoms with Crippen LogP contribution in [-0.2, 0) is 20.9 Å². The molecule has 1 aromatic heterocycles. The molecule has 1 unspecified atom stereocenters. The van der Waals surface area contributed by atoms with E-state index in [1.54, 1.807) is 13.2 Å². The van der Waals surface area contributed by atoms with Gasteiger partial charge in [0.25, 0.3) is 5.91 Å². The number of hydrogen-bond donors (Lipinski definition) is 1. The van der Waals surface area contributed by atoms with Crippen molar-refractivity contribution in [3.8, 4) is 5.75 Å². The quantitative estimate of drug-likeness (QED) is 0.584. The van der Waals surface area contributed by atoms with Gasteiger partial charge in [-0.3, -0.25) is 4.79 Å². The van der Waals surface area contributed by atoms with Crippen molar-refractivity contribution in [2.45, 2.75) is 19.6 Å². The third-order valence-corrected chi connectivity index (χ3v) is 4.49. The molecule has 152 valence electrons. The molecular formula is C22H23NO6. The molecule has 1 atom stereocenters. The van der Waals surface area contributed by atoms with Crippen molar-refractivity contribution in [3.63, 3.8) is 0 Å². The van der Waals surface area contributed by atoms with Gasteiger partial charge >= 0.3 is 5.97 Å². The third-order valence-electron chi connectivity index (χ3n) is 4.49. The van der Waals surface area contributed by atoms with Gasteiger partial charge in [0.15, 0.2) is 6.61 Å². The van der Waals surface area contributed by atoms with Crippen LogP contribution in [0.15, 0.2) is 52.9 Å². The number of fused-ring (bicyclic) bond motifs is 1. The van der Waals surface area contributed by atoms with E-state index in [9.17, 15) is 9.59 Å². The zero-order chi connectivity index (χ0) is 20.8. The Bertz CT molecular complexity index is 1010. The second-order valence-electron chi connectivity index (χ2n) is 6.45. The second-order valence-corrected chi connectivity index (χ2v) is 6.45. The first-order valence-corrected chi connectivity index (χ1v) is 9.14. The van der Waals surface area contributed by atoms with Gasteiger partial charge in [-0.1, -0.05) is 36.4 Å². The van der Waals surface area contributed by atoms with Crippen LogP contribution in [0.2, 0.25) is 0 Å². The van der Waals surface area contributed by atoms with Gasteiger partial charge in [0.1, 0.15) is 11.3 Å². The van der Waals surface area contributed by atoms with E-state index in [0.29, 0.717) is 16.9 Å². The maximum Gasteiger partial charge on any atom is 0.375 e. The fourth-order valence-corrected chi connectivity index (χ4v) is 3.13. The van der Waals surface area contributed by atoms with Crippen LogP contribution in [0.3, 0.4) is 0 Å². The molecule has 0 aliphatic heterocycles. The normalized spacial score (nSPS) is 11.8. The average Bonchev–Trinajstić information content (AvgIpc) is 3.11. The van der Waals surface area contributed by atoms with E-state index in [1.807, 2.05) is 49.4 Å². The molecule has 7 heteroatoms. The molecule has 0 radical (unpaired) electrons. The molecule has 1 N–H and O–H groups in total. The average molecular weight is 397 g/mol. The molecular weight excluding hydrogens is 374 g/mol. The lowest BCUT2D eigenvalue weighted by molar-refractivity contribution is -0.124. The van der Waals surface area contributed by atoms with Crippen LogP contribution in [0.1, 0.15) is 34.6 Å². The Balaban J connectivity index is 1.65. The number of esters is 1. The molecule has 0 spiro atoms. The summed E-state index contributed by atoms with van der Waals surface area (Å²) in [6.07, 6.45) is 0. The number of furan rings is 1. The summed E-state index contributed by atoms with van der Waals surface area (Å²) in [5.41, 5.74) is 1.98. The number of rotatable bonds is 8. The third kappa shape index (κ3) is 4.57. The summed E-state index contributed by atoms with van der Waals surface area (Å²) < 4.78 is 21.3. The summed E-state index contributed by atoms with van der Waals surface area (Å²) in [6.45, 7) is 1.59. The SMILES string of the molecule is COCc1c(C(=O)OCC(=O)NC(C)c2ccccc2OC)oc2ccccc12. The minimum absolute atomic E-state index is 0.0404. The maximum absolute atomic E-state index is 12.5. The lowest BCUT2D eigenvalue weighted by Gasteiger charge is -2.17. The van der Waals surface area contributed by atoms with Crippen molar-refractivity contribution in [2.75, 3.05) is 20.8 Å². The van der Waals surface area contributed by atoms with Crippen molar-refractivity contribution in [1.29, 1.82) is 0 Å². The highest BCUT2D eigenvalue weighted by molar-refractivity contribution is 5.96. The fourth-order valence-electron chi connectivity index (χ4n) is 3.13. The predicted molar refractivity (Wildman–Crippen MR) is 107 cm³/mol. The van der Waals surface area contributed by atoms with Crippen molar-refractivity contribution in [1.82, 2.24) is 5.32 Å². The molecule has 1 heterocycles.